The van der Waals surface area contributed by atoms with Gasteiger partial charge < -0.3 is 4.98 Å². The number of halogens is 2. The number of imidazole rings is 1. The SMILES string of the molecule is CC/C(=N\Nc1nc2ccccc2[nH]1)c1ccc(Cl)c(Cl)c1. The normalized spacial score (nSPS) is 11.9. The van der Waals surface area contributed by atoms with Gasteiger partial charge in [-0.3, -0.25) is 0 Å². The van der Waals surface area contributed by atoms with E-state index in [-0.39, 0.29) is 0 Å². The van der Waals surface area contributed by atoms with Crippen LogP contribution in [0.4, 0.5) is 5.95 Å². The van der Waals surface area contributed by atoms with Gasteiger partial charge in [0.15, 0.2) is 0 Å². The van der Waals surface area contributed by atoms with Crippen molar-refractivity contribution in [3.8, 4) is 0 Å². The molecule has 0 spiro atoms. The van der Waals surface area contributed by atoms with Crippen molar-refractivity contribution in [2.24, 2.45) is 5.10 Å². The molecule has 1 heterocycles. The van der Waals surface area contributed by atoms with Crippen LogP contribution in [0.2, 0.25) is 10.0 Å². The first kappa shape index (κ1) is 14.9. The maximum Gasteiger partial charge on any atom is 0.222 e. The van der Waals surface area contributed by atoms with Crippen molar-refractivity contribution in [3.63, 3.8) is 0 Å². The van der Waals surface area contributed by atoms with Gasteiger partial charge in [-0.25, -0.2) is 10.4 Å². The molecule has 2 aromatic carbocycles. The quantitative estimate of drug-likeness (QED) is 0.516. The summed E-state index contributed by atoms with van der Waals surface area (Å²) in [6, 6.07) is 13.3. The molecule has 112 valence electrons. The maximum atomic E-state index is 6.06. The molecule has 3 aromatic rings. The highest BCUT2D eigenvalue weighted by Gasteiger charge is 2.06. The maximum absolute atomic E-state index is 6.06. The second-order valence-electron chi connectivity index (χ2n) is 4.76. The molecule has 0 aliphatic rings. The Labute approximate surface area is 138 Å². The van der Waals surface area contributed by atoms with Gasteiger partial charge in [0, 0.05) is 0 Å². The van der Waals surface area contributed by atoms with Gasteiger partial charge in [-0.1, -0.05) is 48.3 Å². The molecule has 4 nitrogen and oxygen atoms in total. The molecule has 3 rings (SSSR count). The first-order chi connectivity index (χ1) is 10.7. The third-order valence-corrected chi connectivity index (χ3v) is 4.01. The zero-order valence-corrected chi connectivity index (χ0v) is 13.4. The predicted octanol–water partition coefficient (Wildman–Crippen LogP) is 5.10. The second-order valence-corrected chi connectivity index (χ2v) is 5.57. The van der Waals surface area contributed by atoms with Crippen molar-refractivity contribution >= 4 is 45.9 Å². The zero-order valence-electron chi connectivity index (χ0n) is 11.9. The molecule has 2 N–H and O–H groups in total. The van der Waals surface area contributed by atoms with Gasteiger partial charge in [-0.2, -0.15) is 5.10 Å². The van der Waals surface area contributed by atoms with Crippen molar-refractivity contribution in [2.75, 3.05) is 5.43 Å². The predicted molar refractivity (Wildman–Crippen MR) is 93.0 cm³/mol. The van der Waals surface area contributed by atoms with Crippen LogP contribution < -0.4 is 5.43 Å². The molecular weight excluding hydrogens is 319 g/mol. The number of nitrogens with zero attached hydrogens (tertiary/aromatic N) is 2. The topological polar surface area (TPSA) is 53.1 Å². The second kappa shape index (κ2) is 6.38. The molecule has 0 aliphatic carbocycles. The van der Waals surface area contributed by atoms with E-state index in [1.165, 1.54) is 0 Å². The van der Waals surface area contributed by atoms with Crippen LogP contribution in [0.15, 0.2) is 47.6 Å². The van der Waals surface area contributed by atoms with Gasteiger partial charge in [-0.15, -0.1) is 0 Å². The average Bonchev–Trinajstić information content (AvgIpc) is 2.94. The van der Waals surface area contributed by atoms with Crippen LogP contribution in [0.1, 0.15) is 18.9 Å². The monoisotopic (exact) mass is 332 g/mol. The standard InChI is InChI=1S/C16H14Cl2N4/c1-2-13(10-7-8-11(17)12(18)9-10)21-22-16-19-14-5-3-4-6-15(14)20-16/h3-9H,2H2,1H3,(H2,19,20,22)/b21-13+. The highest BCUT2D eigenvalue weighted by molar-refractivity contribution is 6.42. The van der Waals surface area contributed by atoms with E-state index in [0.717, 1.165) is 28.7 Å². The van der Waals surface area contributed by atoms with Crippen molar-refractivity contribution in [1.82, 2.24) is 9.97 Å². The van der Waals surface area contributed by atoms with E-state index in [1.807, 2.05) is 43.3 Å². The first-order valence-electron chi connectivity index (χ1n) is 6.90. The minimum absolute atomic E-state index is 0.518. The van der Waals surface area contributed by atoms with E-state index in [0.29, 0.717) is 16.0 Å². The Balaban J connectivity index is 1.86. The summed E-state index contributed by atoms with van der Waals surface area (Å²) in [6.45, 7) is 2.03. The molecule has 0 fully saturated rings. The minimum atomic E-state index is 0.518. The molecule has 0 atom stereocenters. The molecule has 0 aliphatic heterocycles. The summed E-state index contributed by atoms with van der Waals surface area (Å²) < 4.78 is 0. The number of hydrogen-bond acceptors (Lipinski definition) is 3. The minimum Gasteiger partial charge on any atom is -0.323 e. The smallest absolute Gasteiger partial charge is 0.222 e. The number of nitrogens with one attached hydrogen (secondary N) is 2. The zero-order chi connectivity index (χ0) is 15.5. The Morgan fingerprint density at radius 1 is 1.18 bits per heavy atom. The van der Waals surface area contributed by atoms with E-state index in [2.05, 4.69) is 20.5 Å². The van der Waals surface area contributed by atoms with Gasteiger partial charge in [0.05, 0.1) is 26.8 Å². The summed E-state index contributed by atoms with van der Waals surface area (Å²) in [5, 5.41) is 5.47. The highest BCUT2D eigenvalue weighted by Crippen LogP contribution is 2.23. The number of H-pyrrole nitrogens is 1. The fourth-order valence-electron chi connectivity index (χ4n) is 2.15. The van der Waals surface area contributed by atoms with Crippen LogP contribution in [0.25, 0.3) is 11.0 Å². The average molecular weight is 333 g/mol. The van der Waals surface area contributed by atoms with Gasteiger partial charge in [0.2, 0.25) is 5.95 Å². The summed E-state index contributed by atoms with van der Waals surface area (Å²) in [5.41, 5.74) is 6.63. The Morgan fingerprint density at radius 3 is 2.73 bits per heavy atom. The number of aromatic amines is 1. The summed E-state index contributed by atoms with van der Waals surface area (Å²) in [7, 11) is 0. The molecule has 0 bridgehead atoms. The lowest BCUT2D eigenvalue weighted by Gasteiger charge is -2.05. The summed E-state index contributed by atoms with van der Waals surface area (Å²) in [6.07, 6.45) is 0.755. The lowest BCUT2D eigenvalue weighted by molar-refractivity contribution is 1.17. The number of benzene rings is 2. The Bertz CT molecular complexity index is 806. The first-order valence-corrected chi connectivity index (χ1v) is 7.65. The lowest BCUT2D eigenvalue weighted by atomic mass is 10.1. The van der Waals surface area contributed by atoms with Crippen LogP contribution in [0.3, 0.4) is 0 Å². The van der Waals surface area contributed by atoms with Crippen LogP contribution in [0, 0.1) is 0 Å². The van der Waals surface area contributed by atoms with Crippen molar-refractivity contribution in [3.05, 3.63) is 58.1 Å². The molecule has 1 aromatic heterocycles. The third kappa shape index (κ3) is 3.08. The van der Waals surface area contributed by atoms with Gasteiger partial charge in [0.1, 0.15) is 0 Å². The fraction of sp³-hybridized carbons (Fsp3) is 0.125. The Morgan fingerprint density at radius 2 is 2.00 bits per heavy atom. The molecule has 22 heavy (non-hydrogen) atoms. The summed E-state index contributed by atoms with van der Waals surface area (Å²) >= 11 is 12.0. The Kier molecular flexibility index (Phi) is 4.32. The number of para-hydroxylation sites is 2. The molecular formula is C16H14Cl2N4. The number of rotatable bonds is 4. The van der Waals surface area contributed by atoms with E-state index >= 15 is 0 Å². The molecule has 0 amide bonds. The lowest BCUT2D eigenvalue weighted by Crippen LogP contribution is -2.03. The van der Waals surface area contributed by atoms with Gasteiger partial charge >= 0.3 is 0 Å². The van der Waals surface area contributed by atoms with E-state index in [1.54, 1.807) is 6.07 Å². The fourth-order valence-corrected chi connectivity index (χ4v) is 2.45. The van der Waals surface area contributed by atoms with Crippen molar-refractivity contribution in [2.45, 2.75) is 13.3 Å². The van der Waals surface area contributed by atoms with Crippen LogP contribution >= 0.6 is 23.2 Å². The van der Waals surface area contributed by atoms with Crippen molar-refractivity contribution < 1.29 is 0 Å². The molecule has 0 saturated heterocycles. The number of fused-ring (bicyclic) bond motifs is 1. The number of hydrogen-bond donors (Lipinski definition) is 2. The van der Waals surface area contributed by atoms with E-state index in [4.69, 9.17) is 23.2 Å². The largest absolute Gasteiger partial charge is 0.323 e. The highest BCUT2D eigenvalue weighted by atomic mass is 35.5. The van der Waals surface area contributed by atoms with Gasteiger partial charge in [0.25, 0.3) is 0 Å². The molecule has 0 unspecified atom stereocenters. The van der Waals surface area contributed by atoms with E-state index in [9.17, 15) is 0 Å². The molecule has 6 heteroatoms. The van der Waals surface area contributed by atoms with Gasteiger partial charge in [-0.05, 0) is 36.2 Å². The molecule has 0 radical (unpaired) electrons. The van der Waals surface area contributed by atoms with Crippen LogP contribution in [-0.4, -0.2) is 15.7 Å². The number of aromatic nitrogens is 2. The summed E-state index contributed by atoms with van der Waals surface area (Å²) in [5.74, 6) is 0.604. The third-order valence-electron chi connectivity index (χ3n) is 3.27. The molecule has 0 saturated carbocycles. The number of hydrazone groups is 1. The van der Waals surface area contributed by atoms with E-state index < -0.39 is 0 Å². The van der Waals surface area contributed by atoms with Crippen LogP contribution in [0.5, 0.6) is 0 Å². The Hall–Kier alpha value is -2.04. The summed E-state index contributed by atoms with van der Waals surface area (Å²) in [4.78, 5) is 7.59. The van der Waals surface area contributed by atoms with Crippen LogP contribution in [-0.2, 0) is 0 Å². The van der Waals surface area contributed by atoms with Crippen molar-refractivity contribution in [1.29, 1.82) is 0 Å². The number of anilines is 1.